The summed E-state index contributed by atoms with van der Waals surface area (Å²) in [5, 5.41) is 0. The number of halogens is 3. The second kappa shape index (κ2) is 56.2. The van der Waals surface area contributed by atoms with Crippen molar-refractivity contribution in [3.05, 3.63) is 72.8 Å². The van der Waals surface area contributed by atoms with E-state index in [1.165, 1.54) is 12.8 Å². The minimum atomic E-state index is 0. The second-order valence-electron chi connectivity index (χ2n) is 5.77. The lowest BCUT2D eigenvalue weighted by Gasteiger charge is -1.79. The minimum absolute atomic E-state index is 0. The quantitative estimate of drug-likeness (QED) is 0.358. The number of rotatable bonds is 0. The largest absolute Gasteiger partial charge is 0.255 e. The van der Waals surface area contributed by atoms with Crippen LogP contribution in [0, 0.1) is 11.8 Å². The zero-order valence-electron chi connectivity index (χ0n) is 18.2. The predicted molar refractivity (Wildman–Crippen MR) is 138 cm³/mol. The SMILES string of the molecule is C.C.CC(C)C.CC(C)C.CCl.CCl.CF.c1ccccc1.c1ccccc1. The van der Waals surface area contributed by atoms with E-state index in [0.717, 1.165) is 11.8 Å². The fourth-order valence-corrected chi connectivity index (χ4v) is 0.770. The van der Waals surface area contributed by atoms with E-state index in [1.807, 2.05) is 72.8 Å². The third-order valence-electron chi connectivity index (χ3n) is 1.33. The molecule has 0 unspecified atom stereocenters. The molecule has 0 nitrogen and oxygen atoms in total. The van der Waals surface area contributed by atoms with Gasteiger partial charge in [0.15, 0.2) is 0 Å². The number of alkyl halides is 3. The van der Waals surface area contributed by atoms with Crippen LogP contribution in [0.25, 0.3) is 0 Å². The number of hydrogen-bond donors (Lipinski definition) is 0. The molecule has 0 fully saturated rings. The molecule has 0 heterocycles. The Balaban J connectivity index is -0.0000000383. The van der Waals surface area contributed by atoms with Crippen molar-refractivity contribution < 1.29 is 4.39 Å². The summed E-state index contributed by atoms with van der Waals surface area (Å²) in [6.45, 7) is 13.0. The van der Waals surface area contributed by atoms with Crippen molar-refractivity contribution in [2.45, 2.75) is 56.4 Å². The van der Waals surface area contributed by atoms with Crippen LogP contribution in [-0.4, -0.2) is 19.9 Å². The maximum Gasteiger partial charge on any atom is 0.0785 e. The van der Waals surface area contributed by atoms with Crippen molar-refractivity contribution in [3.63, 3.8) is 0 Å². The summed E-state index contributed by atoms with van der Waals surface area (Å²) >= 11 is 9.28. The van der Waals surface area contributed by atoms with Gasteiger partial charge in [0.25, 0.3) is 0 Å². The summed E-state index contributed by atoms with van der Waals surface area (Å²) in [6, 6.07) is 24.0. The average molecular weight is 440 g/mol. The Kier molecular flexibility index (Phi) is 91.6. The van der Waals surface area contributed by atoms with Gasteiger partial charge in [-0.25, -0.2) is 0 Å². The fourth-order valence-electron chi connectivity index (χ4n) is 0.770. The molecule has 0 amide bonds. The zero-order valence-corrected chi connectivity index (χ0v) is 19.7. The molecular weight excluding hydrogens is 390 g/mol. The van der Waals surface area contributed by atoms with E-state index < -0.39 is 0 Å². The molecule has 2 aromatic rings. The lowest BCUT2D eigenvalue weighted by Crippen LogP contribution is -1.66. The smallest absolute Gasteiger partial charge is 0.0785 e. The molecule has 0 aromatic heterocycles. The average Bonchev–Trinajstić information content (AvgIpc) is 2.69. The van der Waals surface area contributed by atoms with Gasteiger partial charge in [0.05, 0.1) is 7.18 Å². The van der Waals surface area contributed by atoms with Crippen LogP contribution in [0.2, 0.25) is 0 Å². The molecule has 0 aliphatic heterocycles. The van der Waals surface area contributed by atoms with E-state index in [0.29, 0.717) is 7.18 Å². The lowest BCUT2D eigenvalue weighted by atomic mass is 10.3. The normalized spacial score (nSPS) is 6.64. The third kappa shape index (κ3) is 119. The Morgan fingerprint density at radius 2 is 0.429 bits per heavy atom. The van der Waals surface area contributed by atoms with Crippen molar-refractivity contribution >= 4 is 23.2 Å². The van der Waals surface area contributed by atoms with Gasteiger partial charge >= 0.3 is 0 Å². The van der Waals surface area contributed by atoms with Crippen LogP contribution in [0.4, 0.5) is 4.39 Å². The summed E-state index contributed by atoms with van der Waals surface area (Å²) in [7, 11) is 0.500. The van der Waals surface area contributed by atoms with Crippen molar-refractivity contribution in [3.8, 4) is 0 Å². The Hall–Kier alpha value is -1.05. The van der Waals surface area contributed by atoms with Crippen LogP contribution < -0.4 is 0 Å². The summed E-state index contributed by atoms with van der Waals surface area (Å²) < 4.78 is 9.50. The Labute approximate surface area is 188 Å². The first kappa shape index (κ1) is 45.6. The van der Waals surface area contributed by atoms with Gasteiger partial charge in [-0.2, -0.15) is 0 Å². The van der Waals surface area contributed by atoms with Gasteiger partial charge in [-0.05, 0) is 11.8 Å². The molecular formula is C25H49Cl2F. The van der Waals surface area contributed by atoms with Crippen LogP contribution in [0.1, 0.15) is 56.4 Å². The molecule has 0 N–H and O–H groups in total. The molecule has 2 aromatic carbocycles. The number of benzene rings is 2. The minimum Gasteiger partial charge on any atom is -0.255 e. The standard InChI is InChI=1S/2C6H6.2C4H10.2CH3Cl.CH3F.2CH4/c2*1-2-4-6-5-3-1;2*1-4(2)3;3*1-2;;/h2*1-6H;2*4H,1-3H3;3*1H3;2*1H4. The van der Waals surface area contributed by atoms with Gasteiger partial charge in [-0.15, -0.1) is 23.2 Å². The molecule has 170 valence electrons. The first-order valence-electron chi connectivity index (χ1n) is 8.60. The highest BCUT2D eigenvalue weighted by molar-refractivity contribution is 6.15. The maximum atomic E-state index is 9.50. The Morgan fingerprint density at radius 1 is 0.393 bits per heavy atom. The van der Waals surface area contributed by atoms with Crippen LogP contribution in [0.15, 0.2) is 72.8 Å². The van der Waals surface area contributed by atoms with Gasteiger partial charge in [0.2, 0.25) is 0 Å². The molecule has 0 aliphatic rings. The fraction of sp³-hybridized carbons (Fsp3) is 0.520. The molecule has 2 rings (SSSR count). The third-order valence-corrected chi connectivity index (χ3v) is 1.33. The van der Waals surface area contributed by atoms with Crippen molar-refractivity contribution in [1.29, 1.82) is 0 Å². The molecule has 0 bridgehead atoms. The molecule has 28 heavy (non-hydrogen) atoms. The van der Waals surface area contributed by atoms with Crippen LogP contribution in [0.3, 0.4) is 0 Å². The van der Waals surface area contributed by atoms with Gasteiger partial charge in [0, 0.05) is 12.8 Å². The van der Waals surface area contributed by atoms with E-state index >= 15 is 0 Å². The lowest BCUT2D eigenvalue weighted by molar-refractivity contribution is 0.636. The molecule has 0 spiro atoms. The van der Waals surface area contributed by atoms with E-state index in [4.69, 9.17) is 0 Å². The van der Waals surface area contributed by atoms with E-state index in [2.05, 4.69) is 64.7 Å². The van der Waals surface area contributed by atoms with Crippen LogP contribution in [0.5, 0.6) is 0 Å². The molecule has 0 atom stereocenters. The van der Waals surface area contributed by atoms with Crippen molar-refractivity contribution in [2.75, 3.05) is 19.9 Å². The maximum absolute atomic E-state index is 9.50. The monoisotopic (exact) mass is 438 g/mol. The second-order valence-corrected chi connectivity index (χ2v) is 5.77. The predicted octanol–water partition coefficient (Wildman–Crippen LogP) is 10.3. The van der Waals surface area contributed by atoms with Crippen LogP contribution >= 0.6 is 23.2 Å². The molecule has 0 aliphatic carbocycles. The highest BCUT2D eigenvalue weighted by Gasteiger charge is 1.68. The van der Waals surface area contributed by atoms with E-state index in [1.54, 1.807) is 0 Å². The number of hydrogen-bond acceptors (Lipinski definition) is 0. The first-order chi connectivity index (χ1) is 12.5. The van der Waals surface area contributed by atoms with Gasteiger partial charge in [0.1, 0.15) is 0 Å². The Morgan fingerprint density at radius 3 is 0.464 bits per heavy atom. The molecule has 0 saturated heterocycles. The van der Waals surface area contributed by atoms with Gasteiger partial charge < -0.3 is 0 Å². The first-order valence-corrected chi connectivity index (χ1v) is 10.1. The summed E-state index contributed by atoms with van der Waals surface area (Å²) in [4.78, 5) is 0. The molecule has 0 saturated carbocycles. The highest BCUT2D eigenvalue weighted by Crippen LogP contribution is 1.82. The van der Waals surface area contributed by atoms with Crippen molar-refractivity contribution in [1.82, 2.24) is 0 Å². The van der Waals surface area contributed by atoms with Crippen molar-refractivity contribution in [2.24, 2.45) is 11.8 Å². The highest BCUT2D eigenvalue weighted by atomic mass is 35.5. The van der Waals surface area contributed by atoms with E-state index in [-0.39, 0.29) is 14.9 Å². The summed E-state index contributed by atoms with van der Waals surface area (Å²) in [6.07, 6.45) is 2.94. The zero-order chi connectivity index (χ0) is 21.6. The van der Waals surface area contributed by atoms with Gasteiger partial charge in [-0.3, -0.25) is 4.39 Å². The van der Waals surface area contributed by atoms with Gasteiger partial charge in [-0.1, -0.05) is 129 Å². The summed E-state index contributed by atoms with van der Waals surface area (Å²) in [5.41, 5.74) is 0. The molecule has 0 radical (unpaired) electrons. The van der Waals surface area contributed by atoms with Crippen LogP contribution in [-0.2, 0) is 0 Å². The molecule has 3 heteroatoms. The van der Waals surface area contributed by atoms with E-state index in [9.17, 15) is 4.39 Å². The Bertz CT molecular complexity index is 255. The topological polar surface area (TPSA) is 0 Å². The summed E-state index contributed by atoms with van der Waals surface area (Å²) in [5.74, 6) is 1.67.